The van der Waals surface area contributed by atoms with Crippen LogP contribution in [0, 0.1) is 13.8 Å². The summed E-state index contributed by atoms with van der Waals surface area (Å²) in [5, 5.41) is 1.24. The maximum absolute atomic E-state index is 4.71. The summed E-state index contributed by atoms with van der Waals surface area (Å²) < 4.78 is 4.48. The minimum atomic E-state index is 0.0313. The van der Waals surface area contributed by atoms with E-state index in [1.807, 2.05) is 12.3 Å². The molecule has 0 atom stereocenters. The molecule has 4 rings (SSSR count). The molecule has 0 saturated carbocycles. The quantitative estimate of drug-likeness (QED) is 0.450. The number of hydrogen-bond donors (Lipinski definition) is 0. The van der Waals surface area contributed by atoms with Crippen molar-refractivity contribution in [1.82, 2.24) is 4.98 Å². The number of pyridine rings is 1. The van der Waals surface area contributed by atoms with Gasteiger partial charge in [0.05, 0.1) is 18.8 Å². The highest BCUT2D eigenvalue weighted by molar-refractivity contribution is 5.76. The maximum Gasteiger partial charge on any atom is 0.330 e. The number of aryl methyl sites for hydroxylation is 2. The zero-order valence-corrected chi connectivity index (χ0v) is 18.2. The third kappa shape index (κ3) is 3.42. The second-order valence-corrected chi connectivity index (χ2v) is 8.84. The van der Waals surface area contributed by atoms with Crippen LogP contribution in [0.5, 0.6) is 0 Å². The lowest BCUT2D eigenvalue weighted by Gasteiger charge is -2.21. The Morgan fingerprint density at radius 2 is 1.66 bits per heavy atom. The van der Waals surface area contributed by atoms with Crippen molar-refractivity contribution < 1.29 is 9.13 Å². The van der Waals surface area contributed by atoms with E-state index in [2.05, 4.69) is 106 Å². The van der Waals surface area contributed by atoms with Crippen LogP contribution < -0.4 is 9.13 Å². The van der Waals surface area contributed by atoms with Crippen LogP contribution in [-0.2, 0) is 12.5 Å². The number of benzene rings is 2. The molecule has 0 N–H and O–H groups in total. The van der Waals surface area contributed by atoms with E-state index in [1.54, 1.807) is 0 Å². The van der Waals surface area contributed by atoms with Gasteiger partial charge in [-0.2, -0.15) is 4.57 Å². The van der Waals surface area contributed by atoms with Gasteiger partial charge < -0.3 is 0 Å². The number of rotatable bonds is 2. The summed E-state index contributed by atoms with van der Waals surface area (Å²) in [6.07, 6.45) is 3.93. The molecule has 0 saturated heterocycles. The standard InChI is InChI=1S/C26H29N3/c1-18-12-13-20-10-7-8-11-23(20)29(18)24-17-21(26(3,4)5)16-22(19(24)2)25-27-14-9-15-28(25)6/h7-17H,1-6H3/q+2. The molecule has 146 valence electrons. The summed E-state index contributed by atoms with van der Waals surface area (Å²) >= 11 is 0. The summed E-state index contributed by atoms with van der Waals surface area (Å²) in [5.41, 5.74) is 7.40. The largest absolute Gasteiger partial charge is 0.330 e. The molecule has 29 heavy (non-hydrogen) atoms. The van der Waals surface area contributed by atoms with Crippen molar-refractivity contribution in [3.05, 3.63) is 83.8 Å². The molecule has 0 spiro atoms. The van der Waals surface area contributed by atoms with Gasteiger partial charge in [-0.3, -0.25) is 0 Å². The summed E-state index contributed by atoms with van der Waals surface area (Å²) in [6, 6.07) is 19.6. The molecule has 2 aromatic carbocycles. The average Bonchev–Trinajstić information content (AvgIpc) is 2.68. The average molecular weight is 384 g/mol. The van der Waals surface area contributed by atoms with Gasteiger partial charge in [-0.1, -0.05) is 32.9 Å². The van der Waals surface area contributed by atoms with Crippen LogP contribution in [0.3, 0.4) is 0 Å². The van der Waals surface area contributed by atoms with E-state index in [4.69, 9.17) is 4.98 Å². The van der Waals surface area contributed by atoms with E-state index < -0.39 is 0 Å². The van der Waals surface area contributed by atoms with Crippen LogP contribution in [0.15, 0.2) is 67.0 Å². The molecule has 2 heterocycles. The van der Waals surface area contributed by atoms with Gasteiger partial charge in [-0.25, -0.2) is 4.57 Å². The van der Waals surface area contributed by atoms with Gasteiger partial charge in [0.2, 0.25) is 11.2 Å². The molecule has 0 unspecified atom stereocenters. The molecule has 0 amide bonds. The van der Waals surface area contributed by atoms with Crippen molar-refractivity contribution in [3.63, 3.8) is 0 Å². The lowest BCUT2D eigenvalue weighted by Crippen LogP contribution is -2.37. The Labute approximate surface area is 173 Å². The first-order valence-corrected chi connectivity index (χ1v) is 10.1. The van der Waals surface area contributed by atoms with Crippen molar-refractivity contribution in [3.8, 4) is 17.1 Å². The van der Waals surface area contributed by atoms with E-state index >= 15 is 0 Å². The van der Waals surface area contributed by atoms with Crippen LogP contribution in [0.4, 0.5) is 0 Å². The van der Waals surface area contributed by atoms with Crippen LogP contribution >= 0.6 is 0 Å². The van der Waals surface area contributed by atoms with Crippen molar-refractivity contribution >= 4 is 10.9 Å². The molecule has 0 aliphatic carbocycles. The Bertz CT molecular complexity index is 1220. The minimum Gasteiger partial charge on any atom is -0.233 e. The number of fused-ring (bicyclic) bond motifs is 1. The molecule has 2 aromatic heterocycles. The van der Waals surface area contributed by atoms with Gasteiger partial charge in [-0.15, -0.1) is 0 Å². The first kappa shape index (κ1) is 19.3. The van der Waals surface area contributed by atoms with E-state index in [1.165, 1.54) is 39.0 Å². The molecule has 0 fully saturated rings. The molecule has 0 aliphatic rings. The van der Waals surface area contributed by atoms with Crippen molar-refractivity contribution in [1.29, 1.82) is 0 Å². The molecule has 0 radical (unpaired) electrons. The van der Waals surface area contributed by atoms with Gasteiger partial charge in [0.1, 0.15) is 6.20 Å². The van der Waals surface area contributed by atoms with E-state index in [9.17, 15) is 0 Å². The van der Waals surface area contributed by atoms with Crippen molar-refractivity contribution in [2.75, 3.05) is 0 Å². The Morgan fingerprint density at radius 1 is 0.897 bits per heavy atom. The summed E-state index contributed by atoms with van der Waals surface area (Å²) in [4.78, 5) is 4.71. The Kier molecular flexibility index (Phi) is 4.70. The highest BCUT2D eigenvalue weighted by atomic mass is 15.0. The van der Waals surface area contributed by atoms with Crippen LogP contribution in [0.2, 0.25) is 0 Å². The summed E-state index contributed by atoms with van der Waals surface area (Å²) in [7, 11) is 2.06. The fourth-order valence-corrected chi connectivity index (χ4v) is 3.93. The molecule has 3 heteroatoms. The fourth-order valence-electron chi connectivity index (χ4n) is 3.93. The van der Waals surface area contributed by atoms with Crippen molar-refractivity contribution in [2.24, 2.45) is 7.05 Å². The molecule has 0 aliphatic heterocycles. The Hall–Kier alpha value is -3.07. The summed E-state index contributed by atoms with van der Waals surface area (Å²) in [6.45, 7) is 11.2. The topological polar surface area (TPSA) is 20.6 Å². The van der Waals surface area contributed by atoms with E-state index in [0.29, 0.717) is 0 Å². The van der Waals surface area contributed by atoms with Gasteiger partial charge >= 0.3 is 5.82 Å². The maximum atomic E-state index is 4.71. The zero-order chi connectivity index (χ0) is 20.8. The smallest absolute Gasteiger partial charge is 0.233 e. The predicted octanol–water partition coefficient (Wildman–Crippen LogP) is 4.92. The monoisotopic (exact) mass is 383 g/mol. The van der Waals surface area contributed by atoms with Gasteiger partial charge in [0, 0.05) is 42.1 Å². The van der Waals surface area contributed by atoms with Crippen LogP contribution in [-0.4, -0.2) is 4.98 Å². The molecular formula is C26H29N3+2. The molecule has 0 bridgehead atoms. The normalized spacial score (nSPS) is 11.8. The Morgan fingerprint density at radius 3 is 2.38 bits per heavy atom. The lowest BCUT2D eigenvalue weighted by atomic mass is 9.84. The Balaban J connectivity index is 2.12. The van der Waals surface area contributed by atoms with Crippen LogP contribution in [0.25, 0.3) is 28.0 Å². The third-order valence-electron chi connectivity index (χ3n) is 5.69. The second kappa shape index (κ2) is 7.07. The van der Waals surface area contributed by atoms with Crippen molar-refractivity contribution in [2.45, 2.75) is 40.0 Å². The van der Waals surface area contributed by atoms with Gasteiger partial charge in [-0.05, 0) is 41.1 Å². The number of para-hydroxylation sites is 1. The third-order valence-corrected chi connectivity index (χ3v) is 5.69. The lowest BCUT2D eigenvalue weighted by molar-refractivity contribution is -0.663. The van der Waals surface area contributed by atoms with Gasteiger partial charge in [0.25, 0.3) is 0 Å². The summed E-state index contributed by atoms with van der Waals surface area (Å²) in [5.74, 6) is 0.982. The fraction of sp³-hybridized carbons (Fsp3) is 0.269. The van der Waals surface area contributed by atoms with Gasteiger partial charge in [0.15, 0.2) is 5.69 Å². The first-order valence-electron chi connectivity index (χ1n) is 10.1. The highest BCUT2D eigenvalue weighted by Gasteiger charge is 2.28. The SMILES string of the molecule is Cc1c(-c2nccc[n+]2C)cc(C(C)(C)C)cc1-[n+]1c(C)ccc2ccccc21. The highest BCUT2D eigenvalue weighted by Crippen LogP contribution is 2.31. The van der Waals surface area contributed by atoms with E-state index in [-0.39, 0.29) is 5.41 Å². The van der Waals surface area contributed by atoms with E-state index in [0.717, 1.165) is 5.82 Å². The zero-order valence-electron chi connectivity index (χ0n) is 18.2. The number of nitrogens with zero attached hydrogens (tertiary/aromatic N) is 3. The number of hydrogen-bond acceptors (Lipinski definition) is 1. The molecule has 4 aromatic rings. The second-order valence-electron chi connectivity index (χ2n) is 8.84. The number of aromatic nitrogens is 3. The first-order chi connectivity index (χ1) is 13.8. The van der Waals surface area contributed by atoms with Crippen LogP contribution in [0.1, 0.15) is 37.6 Å². The minimum absolute atomic E-state index is 0.0313. The predicted molar refractivity (Wildman–Crippen MR) is 118 cm³/mol. The molecular weight excluding hydrogens is 354 g/mol. The molecule has 3 nitrogen and oxygen atoms in total.